The van der Waals surface area contributed by atoms with Crippen LogP contribution in [0.4, 0.5) is 5.69 Å². The van der Waals surface area contributed by atoms with E-state index < -0.39 is 9.84 Å². The Kier molecular flexibility index (Phi) is 4.77. The highest BCUT2D eigenvalue weighted by Gasteiger charge is 2.13. The van der Waals surface area contributed by atoms with Crippen molar-refractivity contribution in [2.24, 2.45) is 5.73 Å². The van der Waals surface area contributed by atoms with Gasteiger partial charge in [0.25, 0.3) is 0 Å². The Labute approximate surface area is 113 Å². The third kappa shape index (κ3) is 4.44. The highest BCUT2D eigenvalue weighted by atomic mass is 32.2. The maximum absolute atomic E-state index is 11.2. The molecule has 0 saturated carbocycles. The SMILES string of the molecule is COc1ccc(C(=N)N)c(N(C)CCS(C)(=O)=O)c1. The quantitative estimate of drug-likeness (QED) is 0.584. The molecular formula is C12H19N3O3S. The van der Waals surface area contributed by atoms with E-state index in [9.17, 15) is 8.42 Å². The summed E-state index contributed by atoms with van der Waals surface area (Å²) in [6.45, 7) is 0.326. The van der Waals surface area contributed by atoms with Gasteiger partial charge in [0, 0.05) is 31.5 Å². The van der Waals surface area contributed by atoms with Crippen molar-refractivity contribution in [3.05, 3.63) is 23.8 Å². The van der Waals surface area contributed by atoms with E-state index in [0.29, 0.717) is 23.5 Å². The van der Waals surface area contributed by atoms with Crippen LogP contribution in [0.2, 0.25) is 0 Å². The van der Waals surface area contributed by atoms with Gasteiger partial charge in [0.1, 0.15) is 21.4 Å². The van der Waals surface area contributed by atoms with Crippen molar-refractivity contribution in [3.63, 3.8) is 0 Å². The largest absolute Gasteiger partial charge is 0.497 e. The summed E-state index contributed by atoms with van der Waals surface area (Å²) in [6, 6.07) is 5.14. The molecule has 7 heteroatoms. The van der Waals surface area contributed by atoms with Gasteiger partial charge in [-0.2, -0.15) is 0 Å². The lowest BCUT2D eigenvalue weighted by Crippen LogP contribution is -2.27. The summed E-state index contributed by atoms with van der Waals surface area (Å²) < 4.78 is 27.5. The number of nitrogens with one attached hydrogen (secondary N) is 1. The summed E-state index contributed by atoms with van der Waals surface area (Å²) in [7, 11) is 0.267. The summed E-state index contributed by atoms with van der Waals surface area (Å²) in [6.07, 6.45) is 1.19. The standard InChI is InChI=1S/C12H19N3O3S/c1-15(6-7-19(3,16)17)11-8-9(18-2)4-5-10(11)12(13)14/h4-5,8H,6-7H2,1-3H3,(H3,13,14). The molecule has 0 aliphatic heterocycles. The van der Waals surface area contributed by atoms with E-state index in [4.69, 9.17) is 15.9 Å². The average molecular weight is 285 g/mol. The van der Waals surface area contributed by atoms with Gasteiger partial charge in [-0.15, -0.1) is 0 Å². The lowest BCUT2D eigenvalue weighted by Gasteiger charge is -2.22. The second kappa shape index (κ2) is 5.92. The van der Waals surface area contributed by atoms with Crippen LogP contribution in [0.25, 0.3) is 0 Å². The molecule has 1 aromatic carbocycles. The minimum Gasteiger partial charge on any atom is -0.497 e. The lowest BCUT2D eigenvalue weighted by atomic mass is 10.1. The molecule has 0 heterocycles. The van der Waals surface area contributed by atoms with Crippen LogP contribution in [0.1, 0.15) is 5.56 Å². The minimum atomic E-state index is -3.03. The molecule has 0 spiro atoms. The van der Waals surface area contributed by atoms with Crippen LogP contribution in [-0.2, 0) is 9.84 Å². The molecule has 3 N–H and O–H groups in total. The molecule has 0 bridgehead atoms. The zero-order valence-corrected chi connectivity index (χ0v) is 12.1. The van der Waals surface area contributed by atoms with Crippen molar-refractivity contribution >= 4 is 21.4 Å². The van der Waals surface area contributed by atoms with E-state index in [1.54, 1.807) is 37.3 Å². The lowest BCUT2D eigenvalue weighted by molar-refractivity contribution is 0.415. The highest BCUT2D eigenvalue weighted by molar-refractivity contribution is 7.90. The number of nitrogen functional groups attached to an aromatic ring is 1. The first-order valence-electron chi connectivity index (χ1n) is 5.66. The Morgan fingerprint density at radius 1 is 1.47 bits per heavy atom. The summed E-state index contributed by atoms with van der Waals surface area (Å²) in [5, 5.41) is 7.54. The first-order chi connectivity index (χ1) is 8.74. The number of nitrogens with zero attached hydrogens (tertiary/aromatic N) is 1. The van der Waals surface area contributed by atoms with Crippen molar-refractivity contribution in [2.45, 2.75) is 0 Å². The monoisotopic (exact) mass is 285 g/mol. The van der Waals surface area contributed by atoms with E-state index >= 15 is 0 Å². The van der Waals surface area contributed by atoms with E-state index in [0.717, 1.165) is 0 Å². The molecule has 0 fully saturated rings. The molecule has 1 aromatic rings. The van der Waals surface area contributed by atoms with E-state index in [1.807, 2.05) is 0 Å². The third-order valence-electron chi connectivity index (χ3n) is 2.70. The molecule has 0 radical (unpaired) electrons. The van der Waals surface area contributed by atoms with Crippen molar-refractivity contribution in [1.82, 2.24) is 0 Å². The summed E-state index contributed by atoms with van der Waals surface area (Å²) in [5.74, 6) is 0.605. The number of hydrogen-bond donors (Lipinski definition) is 2. The van der Waals surface area contributed by atoms with Crippen molar-refractivity contribution in [1.29, 1.82) is 5.41 Å². The van der Waals surface area contributed by atoms with Crippen LogP contribution in [0.15, 0.2) is 18.2 Å². The Hall–Kier alpha value is -1.76. The number of benzene rings is 1. The van der Waals surface area contributed by atoms with Gasteiger partial charge in [0.2, 0.25) is 0 Å². The third-order valence-corrected chi connectivity index (χ3v) is 3.63. The predicted octanol–water partition coefficient (Wildman–Crippen LogP) is 0.460. The topological polar surface area (TPSA) is 96.5 Å². The maximum atomic E-state index is 11.2. The fourth-order valence-electron chi connectivity index (χ4n) is 1.61. The molecule has 0 atom stereocenters. The van der Waals surface area contributed by atoms with E-state index in [1.165, 1.54) is 6.26 Å². The zero-order valence-electron chi connectivity index (χ0n) is 11.3. The summed E-state index contributed by atoms with van der Waals surface area (Å²) in [5.41, 5.74) is 6.75. The molecule has 0 unspecified atom stereocenters. The van der Waals surface area contributed by atoms with Crippen LogP contribution in [0, 0.1) is 5.41 Å². The normalized spacial score (nSPS) is 11.1. The number of anilines is 1. The molecule has 0 amide bonds. The van der Waals surface area contributed by atoms with E-state index in [2.05, 4.69) is 0 Å². The number of ether oxygens (including phenoxy) is 1. The molecular weight excluding hydrogens is 266 g/mol. The van der Waals surface area contributed by atoms with Gasteiger partial charge in [-0.1, -0.05) is 0 Å². The first kappa shape index (κ1) is 15.3. The second-order valence-corrected chi connectivity index (χ2v) is 6.61. The number of amidine groups is 1. The van der Waals surface area contributed by atoms with Crippen LogP contribution in [-0.4, -0.2) is 47.0 Å². The van der Waals surface area contributed by atoms with Gasteiger partial charge < -0.3 is 15.4 Å². The van der Waals surface area contributed by atoms with Gasteiger partial charge >= 0.3 is 0 Å². The zero-order chi connectivity index (χ0) is 14.6. The number of methoxy groups -OCH3 is 1. The Morgan fingerprint density at radius 3 is 2.58 bits per heavy atom. The number of hydrogen-bond acceptors (Lipinski definition) is 5. The van der Waals surface area contributed by atoms with Gasteiger partial charge in [-0.25, -0.2) is 8.42 Å². The Balaban J connectivity index is 3.05. The molecule has 0 aromatic heterocycles. The molecule has 0 saturated heterocycles. The Morgan fingerprint density at radius 2 is 2.11 bits per heavy atom. The summed E-state index contributed by atoms with van der Waals surface area (Å²) >= 11 is 0. The fourth-order valence-corrected chi connectivity index (χ4v) is 2.21. The Bertz CT molecular complexity index is 570. The van der Waals surface area contributed by atoms with Crippen molar-refractivity contribution in [2.75, 3.05) is 37.6 Å². The molecule has 0 aliphatic rings. The highest BCUT2D eigenvalue weighted by Crippen LogP contribution is 2.25. The average Bonchev–Trinajstić information content (AvgIpc) is 2.34. The molecule has 19 heavy (non-hydrogen) atoms. The van der Waals surface area contributed by atoms with Crippen LogP contribution in [0.5, 0.6) is 5.75 Å². The minimum absolute atomic E-state index is 0.0397. The van der Waals surface area contributed by atoms with Gasteiger partial charge in [0.05, 0.1) is 18.6 Å². The van der Waals surface area contributed by atoms with Gasteiger partial charge in [-0.05, 0) is 12.1 Å². The van der Waals surface area contributed by atoms with Crippen molar-refractivity contribution < 1.29 is 13.2 Å². The van der Waals surface area contributed by atoms with E-state index in [-0.39, 0.29) is 11.6 Å². The summed E-state index contributed by atoms with van der Waals surface area (Å²) in [4.78, 5) is 1.75. The van der Waals surface area contributed by atoms with Crippen molar-refractivity contribution in [3.8, 4) is 5.75 Å². The smallest absolute Gasteiger partial charge is 0.149 e. The molecule has 6 nitrogen and oxygen atoms in total. The van der Waals surface area contributed by atoms with Gasteiger partial charge in [-0.3, -0.25) is 5.41 Å². The van der Waals surface area contributed by atoms with Crippen LogP contribution in [0.3, 0.4) is 0 Å². The second-order valence-electron chi connectivity index (χ2n) is 4.35. The number of nitrogens with two attached hydrogens (primary N) is 1. The molecule has 1 rings (SSSR count). The molecule has 0 aliphatic carbocycles. The van der Waals surface area contributed by atoms with Crippen LogP contribution < -0.4 is 15.4 Å². The number of rotatable bonds is 6. The maximum Gasteiger partial charge on any atom is 0.149 e. The number of sulfone groups is 1. The van der Waals surface area contributed by atoms with Crippen LogP contribution >= 0.6 is 0 Å². The predicted molar refractivity (Wildman–Crippen MR) is 77.0 cm³/mol. The first-order valence-corrected chi connectivity index (χ1v) is 7.72. The fraction of sp³-hybridized carbons (Fsp3) is 0.417. The van der Waals surface area contributed by atoms with Gasteiger partial charge in [0.15, 0.2) is 0 Å². The molecule has 106 valence electrons.